The number of benzene rings is 2. The Morgan fingerprint density at radius 1 is 1.20 bits per heavy atom. The molecular weight excluding hydrogens is 284 g/mol. The van der Waals surface area contributed by atoms with Gasteiger partial charge in [0, 0.05) is 16.8 Å². The molecule has 0 unspecified atom stereocenters. The van der Waals surface area contributed by atoms with E-state index in [1.54, 1.807) is 0 Å². The molecule has 0 bridgehead atoms. The number of carboxylic acid groups (broad SMARTS) is 1. The summed E-state index contributed by atoms with van der Waals surface area (Å²) in [6, 6.07) is 10.1. The van der Waals surface area contributed by atoms with Gasteiger partial charge in [-0.3, -0.25) is 10.1 Å². The summed E-state index contributed by atoms with van der Waals surface area (Å²) in [5, 5.41) is 22.8. The van der Waals surface area contributed by atoms with E-state index in [0.29, 0.717) is 5.69 Å². The number of nitro benzene ring substituents is 1. The maximum absolute atomic E-state index is 10.9. The summed E-state index contributed by atoms with van der Waals surface area (Å²) in [5.74, 6) is -1.03. The molecule has 2 rings (SSSR count). The molecule has 2 aromatic carbocycles. The van der Waals surface area contributed by atoms with Crippen LogP contribution in [0.15, 0.2) is 42.5 Å². The summed E-state index contributed by atoms with van der Waals surface area (Å²) < 4.78 is 0. The first-order chi connectivity index (χ1) is 9.47. The van der Waals surface area contributed by atoms with Crippen LogP contribution in [0.2, 0.25) is 5.02 Å². The number of anilines is 2. The minimum Gasteiger partial charge on any atom is -0.478 e. The average Bonchev–Trinajstić information content (AvgIpc) is 2.41. The summed E-state index contributed by atoms with van der Waals surface area (Å²) in [4.78, 5) is 21.1. The Morgan fingerprint density at radius 2 is 1.85 bits per heavy atom. The van der Waals surface area contributed by atoms with Crippen LogP contribution in [0.1, 0.15) is 10.4 Å². The van der Waals surface area contributed by atoms with Gasteiger partial charge in [0.2, 0.25) is 0 Å². The second kappa shape index (κ2) is 5.58. The van der Waals surface area contributed by atoms with E-state index in [-0.39, 0.29) is 22.0 Å². The molecule has 0 heterocycles. The van der Waals surface area contributed by atoms with Crippen molar-refractivity contribution in [2.24, 2.45) is 0 Å². The molecule has 0 aliphatic carbocycles. The van der Waals surface area contributed by atoms with Crippen molar-refractivity contribution in [2.75, 3.05) is 5.32 Å². The second-order valence-corrected chi connectivity index (χ2v) is 4.36. The van der Waals surface area contributed by atoms with E-state index < -0.39 is 10.9 Å². The normalized spacial score (nSPS) is 10.1. The van der Waals surface area contributed by atoms with Crippen molar-refractivity contribution >= 4 is 34.6 Å². The first-order valence-electron chi connectivity index (χ1n) is 5.51. The van der Waals surface area contributed by atoms with E-state index in [1.807, 2.05) is 0 Å². The predicted molar refractivity (Wildman–Crippen MR) is 74.8 cm³/mol. The monoisotopic (exact) mass is 292 g/mol. The highest BCUT2D eigenvalue weighted by atomic mass is 35.5. The van der Waals surface area contributed by atoms with Crippen molar-refractivity contribution in [2.45, 2.75) is 0 Å². The number of nitrogens with zero attached hydrogens (tertiary/aromatic N) is 1. The van der Waals surface area contributed by atoms with Crippen LogP contribution in [0.5, 0.6) is 0 Å². The maximum Gasteiger partial charge on any atom is 0.335 e. The molecule has 20 heavy (non-hydrogen) atoms. The van der Waals surface area contributed by atoms with Crippen LogP contribution in [0.4, 0.5) is 17.1 Å². The van der Waals surface area contributed by atoms with Gasteiger partial charge in [0.05, 0.1) is 10.5 Å². The van der Waals surface area contributed by atoms with Crippen LogP contribution < -0.4 is 5.32 Å². The standard InChI is InChI=1S/C13H9ClN2O4/c14-9-3-6-11(12(7-9)16(19)20)15-10-4-1-8(2-5-10)13(17)18/h1-7,15H,(H,17,18). The quantitative estimate of drug-likeness (QED) is 0.662. The molecule has 0 aliphatic rings. The molecule has 0 amide bonds. The van der Waals surface area contributed by atoms with Crippen LogP contribution in [0.3, 0.4) is 0 Å². The summed E-state index contributed by atoms with van der Waals surface area (Å²) in [6.07, 6.45) is 0. The summed E-state index contributed by atoms with van der Waals surface area (Å²) in [6.45, 7) is 0. The van der Waals surface area contributed by atoms with Crippen molar-refractivity contribution in [1.82, 2.24) is 0 Å². The molecule has 6 nitrogen and oxygen atoms in total. The van der Waals surface area contributed by atoms with Crippen LogP contribution in [-0.2, 0) is 0 Å². The van der Waals surface area contributed by atoms with Gasteiger partial charge >= 0.3 is 5.97 Å². The molecule has 2 aromatic rings. The zero-order valence-corrected chi connectivity index (χ0v) is 10.8. The summed E-state index contributed by atoms with van der Waals surface area (Å²) in [7, 11) is 0. The van der Waals surface area contributed by atoms with Crippen molar-refractivity contribution in [3.05, 3.63) is 63.2 Å². The third kappa shape index (κ3) is 3.04. The fourth-order valence-corrected chi connectivity index (χ4v) is 1.78. The van der Waals surface area contributed by atoms with Crippen molar-refractivity contribution in [1.29, 1.82) is 0 Å². The Bertz CT molecular complexity index is 671. The Kier molecular flexibility index (Phi) is 3.86. The van der Waals surface area contributed by atoms with Gasteiger partial charge in [0.15, 0.2) is 0 Å². The third-order valence-electron chi connectivity index (χ3n) is 2.57. The molecule has 0 aromatic heterocycles. The van der Waals surface area contributed by atoms with Gasteiger partial charge in [-0.1, -0.05) is 11.6 Å². The molecule has 0 saturated carbocycles. The number of hydrogen-bond donors (Lipinski definition) is 2. The Labute approximate surface area is 118 Å². The molecular formula is C13H9ClN2O4. The van der Waals surface area contributed by atoms with Gasteiger partial charge in [0.25, 0.3) is 5.69 Å². The van der Waals surface area contributed by atoms with E-state index in [4.69, 9.17) is 16.7 Å². The highest BCUT2D eigenvalue weighted by Gasteiger charge is 2.14. The number of carboxylic acids is 1. The largest absolute Gasteiger partial charge is 0.478 e. The minimum atomic E-state index is -1.03. The number of nitro groups is 1. The molecule has 2 N–H and O–H groups in total. The van der Waals surface area contributed by atoms with Gasteiger partial charge in [-0.15, -0.1) is 0 Å². The van der Waals surface area contributed by atoms with E-state index in [2.05, 4.69) is 5.32 Å². The molecule has 0 radical (unpaired) electrons. The molecule has 0 saturated heterocycles. The Hall–Kier alpha value is -2.60. The van der Waals surface area contributed by atoms with Crippen molar-refractivity contribution in [3.63, 3.8) is 0 Å². The highest BCUT2D eigenvalue weighted by molar-refractivity contribution is 6.30. The SMILES string of the molecule is O=C(O)c1ccc(Nc2ccc(Cl)cc2[N+](=O)[O-])cc1. The third-order valence-corrected chi connectivity index (χ3v) is 2.80. The molecule has 7 heteroatoms. The number of hydrogen-bond acceptors (Lipinski definition) is 4. The number of aromatic carboxylic acids is 1. The lowest BCUT2D eigenvalue weighted by Gasteiger charge is -2.07. The van der Waals surface area contributed by atoms with Gasteiger partial charge in [-0.2, -0.15) is 0 Å². The van der Waals surface area contributed by atoms with Crippen molar-refractivity contribution in [3.8, 4) is 0 Å². The van der Waals surface area contributed by atoms with Gasteiger partial charge in [-0.25, -0.2) is 4.79 Å². The van der Waals surface area contributed by atoms with E-state index >= 15 is 0 Å². The van der Waals surface area contributed by atoms with Crippen LogP contribution in [-0.4, -0.2) is 16.0 Å². The molecule has 0 fully saturated rings. The zero-order chi connectivity index (χ0) is 14.7. The fraction of sp³-hybridized carbons (Fsp3) is 0. The van der Waals surface area contributed by atoms with E-state index in [9.17, 15) is 14.9 Å². The first-order valence-corrected chi connectivity index (χ1v) is 5.89. The topological polar surface area (TPSA) is 92.5 Å². The smallest absolute Gasteiger partial charge is 0.335 e. The lowest BCUT2D eigenvalue weighted by atomic mass is 10.2. The number of carbonyl (C=O) groups is 1. The zero-order valence-electron chi connectivity index (χ0n) is 10.0. The number of nitrogens with one attached hydrogen (secondary N) is 1. The highest BCUT2D eigenvalue weighted by Crippen LogP contribution is 2.30. The fourth-order valence-electron chi connectivity index (χ4n) is 1.61. The average molecular weight is 293 g/mol. The second-order valence-electron chi connectivity index (χ2n) is 3.93. The first kappa shape index (κ1) is 13.8. The lowest BCUT2D eigenvalue weighted by Crippen LogP contribution is -1.99. The van der Waals surface area contributed by atoms with Crippen LogP contribution in [0.25, 0.3) is 0 Å². The van der Waals surface area contributed by atoms with Crippen LogP contribution in [0, 0.1) is 10.1 Å². The molecule has 0 aliphatic heterocycles. The van der Waals surface area contributed by atoms with E-state index in [0.717, 1.165) is 0 Å². The molecule has 0 spiro atoms. The van der Waals surface area contributed by atoms with Gasteiger partial charge < -0.3 is 10.4 Å². The number of halogens is 1. The van der Waals surface area contributed by atoms with Gasteiger partial charge in [0.1, 0.15) is 5.69 Å². The lowest BCUT2D eigenvalue weighted by molar-refractivity contribution is -0.383. The minimum absolute atomic E-state index is 0.140. The Morgan fingerprint density at radius 3 is 2.40 bits per heavy atom. The van der Waals surface area contributed by atoms with Gasteiger partial charge in [-0.05, 0) is 36.4 Å². The summed E-state index contributed by atoms with van der Waals surface area (Å²) >= 11 is 5.72. The molecule has 0 atom stereocenters. The van der Waals surface area contributed by atoms with Crippen molar-refractivity contribution < 1.29 is 14.8 Å². The predicted octanol–water partition coefficient (Wildman–Crippen LogP) is 3.69. The Balaban J connectivity index is 2.30. The summed E-state index contributed by atoms with van der Waals surface area (Å²) in [5.41, 5.74) is 0.809. The maximum atomic E-state index is 10.9. The molecule has 102 valence electrons. The number of rotatable bonds is 4. The van der Waals surface area contributed by atoms with Crippen LogP contribution >= 0.6 is 11.6 Å². The van der Waals surface area contributed by atoms with E-state index in [1.165, 1.54) is 42.5 Å².